The third kappa shape index (κ3) is 8.99. The molecule has 0 heterocycles. The largest absolute Gasteiger partial charge is 0.300 e. The second-order valence-electron chi connectivity index (χ2n) is 3.56. The number of hydrogen-bond acceptors (Lipinski definition) is 2. The van der Waals surface area contributed by atoms with Crippen LogP contribution in [0.1, 0.15) is 46.5 Å². The molecule has 0 bridgehead atoms. The normalized spacial score (nSPS) is 9.46. The Kier molecular flexibility index (Phi) is 6.11. The lowest BCUT2D eigenvalue weighted by Gasteiger charge is -1.96. The van der Waals surface area contributed by atoms with Crippen LogP contribution in [0.5, 0.6) is 0 Å². The van der Waals surface area contributed by atoms with Gasteiger partial charge in [-0.15, -0.1) is 0 Å². The van der Waals surface area contributed by atoms with Gasteiger partial charge in [0.05, 0.1) is 0 Å². The lowest BCUT2D eigenvalue weighted by atomic mass is 10.1. The topological polar surface area (TPSA) is 34.1 Å². The van der Waals surface area contributed by atoms with Crippen LogP contribution in [-0.2, 0) is 9.59 Å². The van der Waals surface area contributed by atoms with E-state index in [1.54, 1.807) is 0 Å². The van der Waals surface area contributed by atoms with Crippen LogP contribution in [0.15, 0.2) is 11.6 Å². The third-order valence-corrected chi connectivity index (χ3v) is 1.73. The van der Waals surface area contributed by atoms with Gasteiger partial charge in [0.25, 0.3) is 0 Å². The lowest BCUT2D eigenvalue weighted by molar-refractivity contribution is -0.123. The number of Topliss-reactive ketones (excluding diaryl/α,β-unsaturated/α-hetero) is 2. The highest BCUT2D eigenvalue weighted by Gasteiger charge is 2.02. The van der Waals surface area contributed by atoms with E-state index in [2.05, 4.69) is 0 Å². The van der Waals surface area contributed by atoms with E-state index >= 15 is 0 Å². The van der Waals surface area contributed by atoms with Crippen LogP contribution < -0.4 is 0 Å². The zero-order chi connectivity index (χ0) is 10.3. The van der Waals surface area contributed by atoms with Crippen LogP contribution in [0.4, 0.5) is 0 Å². The predicted molar refractivity (Wildman–Crippen MR) is 53.6 cm³/mol. The number of rotatable bonds is 6. The number of allylic oxidation sites excluding steroid dienone is 2. The van der Waals surface area contributed by atoms with E-state index in [-0.39, 0.29) is 11.6 Å². The summed E-state index contributed by atoms with van der Waals surface area (Å²) >= 11 is 0. The van der Waals surface area contributed by atoms with E-state index in [9.17, 15) is 9.59 Å². The minimum atomic E-state index is 0.0931. The van der Waals surface area contributed by atoms with Crippen LogP contribution in [0.25, 0.3) is 0 Å². The van der Waals surface area contributed by atoms with Gasteiger partial charge in [-0.3, -0.25) is 4.79 Å². The summed E-state index contributed by atoms with van der Waals surface area (Å²) in [5.74, 6) is 0.281. The van der Waals surface area contributed by atoms with E-state index in [0.29, 0.717) is 19.3 Å². The fourth-order valence-electron chi connectivity index (χ4n) is 0.962. The molecule has 0 N–H and O–H groups in total. The molecule has 74 valence electrons. The van der Waals surface area contributed by atoms with Crippen molar-refractivity contribution in [1.82, 2.24) is 0 Å². The lowest BCUT2D eigenvalue weighted by Crippen LogP contribution is -2.00. The van der Waals surface area contributed by atoms with Crippen molar-refractivity contribution in [3.8, 4) is 0 Å². The predicted octanol–water partition coefficient (Wildman–Crippen LogP) is 2.67. The van der Waals surface area contributed by atoms with Gasteiger partial charge in [0.15, 0.2) is 0 Å². The number of hydrogen-bond donors (Lipinski definition) is 0. The molecule has 0 rings (SSSR count). The first-order valence-electron chi connectivity index (χ1n) is 4.67. The Hall–Kier alpha value is -0.920. The van der Waals surface area contributed by atoms with Crippen molar-refractivity contribution in [3.63, 3.8) is 0 Å². The monoisotopic (exact) mass is 182 g/mol. The fraction of sp³-hybridized carbons (Fsp3) is 0.636. The van der Waals surface area contributed by atoms with Gasteiger partial charge in [-0.2, -0.15) is 0 Å². The summed E-state index contributed by atoms with van der Waals surface area (Å²) in [6.07, 6.45) is 4.22. The second-order valence-corrected chi connectivity index (χ2v) is 3.56. The molecule has 2 heteroatoms. The maximum atomic E-state index is 11.1. The van der Waals surface area contributed by atoms with Crippen molar-refractivity contribution in [3.05, 3.63) is 11.6 Å². The van der Waals surface area contributed by atoms with Crippen LogP contribution >= 0.6 is 0 Å². The van der Waals surface area contributed by atoms with Gasteiger partial charge < -0.3 is 4.79 Å². The molecule has 0 saturated carbocycles. The van der Waals surface area contributed by atoms with Crippen molar-refractivity contribution in [2.45, 2.75) is 46.5 Å². The van der Waals surface area contributed by atoms with E-state index in [1.165, 1.54) is 12.5 Å². The summed E-state index contributed by atoms with van der Waals surface area (Å²) in [6.45, 7) is 5.55. The smallest absolute Gasteiger partial charge is 0.133 e. The zero-order valence-corrected chi connectivity index (χ0v) is 8.72. The average Bonchev–Trinajstić information content (AvgIpc) is 2.00. The summed E-state index contributed by atoms with van der Waals surface area (Å²) < 4.78 is 0. The summed E-state index contributed by atoms with van der Waals surface area (Å²) in [5.41, 5.74) is 1.24. The molecule has 0 radical (unpaired) electrons. The molecule has 0 aromatic carbocycles. The van der Waals surface area contributed by atoms with Crippen LogP contribution in [0, 0.1) is 0 Å². The molecular weight excluding hydrogens is 164 g/mol. The quantitative estimate of drug-likeness (QED) is 0.592. The highest BCUT2D eigenvalue weighted by molar-refractivity contribution is 5.84. The minimum Gasteiger partial charge on any atom is -0.300 e. The molecule has 0 aliphatic heterocycles. The first-order valence-corrected chi connectivity index (χ1v) is 4.67. The van der Waals surface area contributed by atoms with Gasteiger partial charge in [0.1, 0.15) is 11.6 Å². The van der Waals surface area contributed by atoms with Crippen molar-refractivity contribution >= 4 is 11.6 Å². The first-order chi connectivity index (χ1) is 6.02. The molecule has 0 unspecified atom stereocenters. The van der Waals surface area contributed by atoms with Crippen LogP contribution in [0.2, 0.25) is 0 Å². The molecule has 0 fully saturated rings. The molecule has 2 nitrogen and oxygen atoms in total. The molecule has 0 spiro atoms. The average molecular weight is 182 g/mol. The van der Waals surface area contributed by atoms with Crippen molar-refractivity contribution in [1.29, 1.82) is 0 Å². The van der Waals surface area contributed by atoms with Crippen LogP contribution in [-0.4, -0.2) is 11.6 Å². The summed E-state index contributed by atoms with van der Waals surface area (Å²) in [7, 11) is 0. The maximum Gasteiger partial charge on any atom is 0.133 e. The standard InChI is InChI=1S/C11H18O2/c1-9(2)5-4-6-11(13)8-7-10(3)12/h5H,4,6-8H2,1-3H3. The van der Waals surface area contributed by atoms with Gasteiger partial charge in [0, 0.05) is 19.3 Å². The van der Waals surface area contributed by atoms with Gasteiger partial charge in [0.2, 0.25) is 0 Å². The molecular formula is C11H18O2. The highest BCUT2D eigenvalue weighted by atomic mass is 16.1. The summed E-state index contributed by atoms with van der Waals surface area (Å²) in [5, 5.41) is 0. The number of ketones is 2. The Bertz CT molecular complexity index is 210. The number of carbonyl (C=O) groups excluding carboxylic acids is 2. The van der Waals surface area contributed by atoms with Gasteiger partial charge in [-0.25, -0.2) is 0 Å². The second kappa shape index (κ2) is 6.58. The fourth-order valence-corrected chi connectivity index (χ4v) is 0.962. The van der Waals surface area contributed by atoms with Crippen molar-refractivity contribution < 1.29 is 9.59 Å². The van der Waals surface area contributed by atoms with E-state index < -0.39 is 0 Å². The molecule has 0 aromatic rings. The van der Waals surface area contributed by atoms with Gasteiger partial charge >= 0.3 is 0 Å². The van der Waals surface area contributed by atoms with E-state index in [1.807, 2.05) is 19.9 Å². The molecule has 0 saturated heterocycles. The molecule has 0 aliphatic rings. The maximum absolute atomic E-state index is 11.1. The minimum absolute atomic E-state index is 0.0931. The van der Waals surface area contributed by atoms with E-state index in [4.69, 9.17) is 0 Å². The Balaban J connectivity index is 3.52. The molecule has 0 aliphatic carbocycles. The van der Waals surface area contributed by atoms with Gasteiger partial charge in [-0.1, -0.05) is 11.6 Å². The Morgan fingerprint density at radius 2 is 1.62 bits per heavy atom. The summed E-state index contributed by atoms with van der Waals surface area (Å²) in [4.78, 5) is 21.7. The highest BCUT2D eigenvalue weighted by Crippen LogP contribution is 2.02. The van der Waals surface area contributed by atoms with E-state index in [0.717, 1.165) is 6.42 Å². The Labute approximate surface area is 80.0 Å². The van der Waals surface area contributed by atoms with Crippen molar-refractivity contribution in [2.24, 2.45) is 0 Å². The SMILES string of the molecule is CC(=O)CCC(=O)CCC=C(C)C. The number of carbonyl (C=O) groups is 2. The molecule has 0 atom stereocenters. The Morgan fingerprint density at radius 3 is 2.08 bits per heavy atom. The van der Waals surface area contributed by atoms with Gasteiger partial charge in [-0.05, 0) is 27.2 Å². The summed E-state index contributed by atoms with van der Waals surface area (Å²) in [6, 6.07) is 0. The van der Waals surface area contributed by atoms with Crippen LogP contribution in [0.3, 0.4) is 0 Å². The third-order valence-electron chi connectivity index (χ3n) is 1.73. The first kappa shape index (κ1) is 12.1. The van der Waals surface area contributed by atoms with Crippen molar-refractivity contribution in [2.75, 3.05) is 0 Å². The zero-order valence-electron chi connectivity index (χ0n) is 8.72. The molecule has 0 aromatic heterocycles. The molecule has 13 heavy (non-hydrogen) atoms. The Morgan fingerprint density at radius 1 is 1.00 bits per heavy atom. The molecule has 0 amide bonds.